The first kappa shape index (κ1) is 21.8. The molecule has 3 N–H and O–H groups in total. The Morgan fingerprint density at radius 2 is 1.56 bits per heavy atom. The summed E-state index contributed by atoms with van der Waals surface area (Å²) in [6.45, 7) is 7.93. The number of aliphatic imine (C=N–C) groups is 2. The van der Waals surface area contributed by atoms with Crippen LogP contribution in [0.15, 0.2) is 58.5 Å². The lowest BCUT2D eigenvalue weighted by molar-refractivity contribution is 0.0671. The van der Waals surface area contributed by atoms with E-state index in [4.69, 9.17) is 19.9 Å². The van der Waals surface area contributed by atoms with E-state index >= 15 is 0 Å². The molecular formula is C23H30N6O3. The van der Waals surface area contributed by atoms with E-state index in [0.29, 0.717) is 26.4 Å². The van der Waals surface area contributed by atoms with E-state index in [2.05, 4.69) is 20.2 Å². The number of ether oxygens (including phenoxy) is 3. The molecular weight excluding hydrogens is 408 g/mol. The summed E-state index contributed by atoms with van der Waals surface area (Å²) in [6.07, 6.45) is -0.471. The van der Waals surface area contributed by atoms with Gasteiger partial charge in [-0.25, -0.2) is 4.99 Å². The third kappa shape index (κ3) is 5.05. The zero-order chi connectivity index (χ0) is 22.3. The minimum Gasteiger partial charge on any atom is -0.494 e. The van der Waals surface area contributed by atoms with Gasteiger partial charge in [-0.15, -0.1) is 0 Å². The summed E-state index contributed by atoms with van der Waals surface area (Å²) in [4.78, 5) is 13.4. The van der Waals surface area contributed by atoms with Gasteiger partial charge in [-0.2, -0.15) is 4.99 Å². The number of nitrogens with zero attached hydrogens (tertiary/aromatic N) is 4. The third-order valence-electron chi connectivity index (χ3n) is 5.11. The van der Waals surface area contributed by atoms with Crippen LogP contribution in [0.25, 0.3) is 0 Å². The largest absolute Gasteiger partial charge is 0.494 e. The average molecular weight is 439 g/mol. The van der Waals surface area contributed by atoms with Crippen LogP contribution >= 0.6 is 0 Å². The molecule has 0 aromatic heterocycles. The van der Waals surface area contributed by atoms with Crippen LogP contribution in [-0.4, -0.2) is 62.6 Å². The van der Waals surface area contributed by atoms with Crippen molar-refractivity contribution in [3.63, 3.8) is 0 Å². The highest BCUT2D eigenvalue weighted by molar-refractivity contribution is 6.06. The van der Waals surface area contributed by atoms with Crippen LogP contribution in [0.2, 0.25) is 0 Å². The second-order valence-corrected chi connectivity index (χ2v) is 7.27. The molecule has 2 aromatic rings. The molecule has 32 heavy (non-hydrogen) atoms. The minimum absolute atomic E-state index is 0.233. The maximum absolute atomic E-state index is 6.14. The Kier molecular flexibility index (Phi) is 6.96. The number of nitrogens with two attached hydrogens (primary N) is 1. The highest BCUT2D eigenvalue weighted by Crippen LogP contribution is 2.27. The number of hydrogen-bond donors (Lipinski definition) is 2. The smallest absolute Gasteiger partial charge is 0.222 e. The molecule has 170 valence electrons. The molecule has 9 nitrogen and oxygen atoms in total. The van der Waals surface area contributed by atoms with E-state index in [1.165, 1.54) is 0 Å². The Morgan fingerprint density at radius 1 is 0.969 bits per heavy atom. The van der Waals surface area contributed by atoms with Crippen LogP contribution in [0.4, 0.5) is 11.4 Å². The predicted octanol–water partition coefficient (Wildman–Crippen LogP) is 2.70. The molecule has 9 heteroatoms. The summed E-state index contributed by atoms with van der Waals surface area (Å²) in [7, 11) is 0. The molecule has 2 aliphatic rings. The molecule has 1 fully saturated rings. The maximum atomic E-state index is 6.14. The van der Waals surface area contributed by atoms with Crippen molar-refractivity contribution in [2.75, 3.05) is 49.7 Å². The highest BCUT2D eigenvalue weighted by Gasteiger charge is 2.32. The van der Waals surface area contributed by atoms with Crippen LogP contribution in [0, 0.1) is 0 Å². The molecule has 0 spiro atoms. The van der Waals surface area contributed by atoms with Gasteiger partial charge < -0.3 is 30.2 Å². The molecule has 1 atom stereocenters. The molecule has 0 saturated carbocycles. The lowest BCUT2D eigenvalue weighted by atomic mass is 10.2. The van der Waals surface area contributed by atoms with Crippen molar-refractivity contribution in [3.05, 3.63) is 48.5 Å². The number of benzene rings is 2. The summed E-state index contributed by atoms with van der Waals surface area (Å²) >= 11 is 0. The molecule has 1 saturated heterocycles. The number of rotatable bonds is 7. The zero-order valence-corrected chi connectivity index (χ0v) is 18.5. The van der Waals surface area contributed by atoms with Gasteiger partial charge in [0, 0.05) is 24.5 Å². The highest BCUT2D eigenvalue weighted by atomic mass is 16.5. The number of anilines is 2. The lowest BCUT2D eigenvalue weighted by Crippen LogP contribution is -2.57. The monoisotopic (exact) mass is 438 g/mol. The van der Waals surface area contributed by atoms with Gasteiger partial charge in [-0.05, 0) is 62.4 Å². The van der Waals surface area contributed by atoms with Gasteiger partial charge in [-0.3, -0.25) is 4.90 Å². The molecule has 0 amide bonds. The Morgan fingerprint density at radius 3 is 2.16 bits per heavy atom. The fraction of sp³-hybridized carbons (Fsp3) is 0.391. The molecule has 2 aliphatic heterocycles. The fourth-order valence-corrected chi connectivity index (χ4v) is 3.65. The molecule has 2 heterocycles. The Labute approximate surface area is 188 Å². The zero-order valence-electron chi connectivity index (χ0n) is 18.5. The molecule has 0 radical (unpaired) electrons. The predicted molar refractivity (Wildman–Crippen MR) is 127 cm³/mol. The molecule has 4 rings (SSSR count). The van der Waals surface area contributed by atoms with Crippen LogP contribution in [0.5, 0.6) is 11.5 Å². The summed E-state index contributed by atoms with van der Waals surface area (Å²) < 4.78 is 16.7. The summed E-state index contributed by atoms with van der Waals surface area (Å²) in [5.41, 5.74) is 7.97. The van der Waals surface area contributed by atoms with Crippen molar-refractivity contribution in [2.45, 2.75) is 20.1 Å². The van der Waals surface area contributed by atoms with Gasteiger partial charge in [-0.1, -0.05) is 0 Å². The molecule has 1 unspecified atom stereocenters. The van der Waals surface area contributed by atoms with Crippen LogP contribution in [-0.2, 0) is 4.74 Å². The maximum Gasteiger partial charge on any atom is 0.222 e. The van der Waals surface area contributed by atoms with E-state index in [1.807, 2.05) is 67.3 Å². The van der Waals surface area contributed by atoms with Crippen molar-refractivity contribution in [3.8, 4) is 11.5 Å². The van der Waals surface area contributed by atoms with Crippen molar-refractivity contribution in [1.82, 2.24) is 4.90 Å². The standard InChI is InChI=1S/C23H30N6O3/c1-3-31-19-9-5-17(6-10-19)25-22-26-21(24)27-23(28-13-15-30-16-14-28)29(22)18-7-11-20(12-8-18)32-4-2/h5-12,22,25H,3-4,13-16H2,1-2H3,(H2,24,26). The first-order chi connectivity index (χ1) is 15.7. The van der Waals surface area contributed by atoms with E-state index in [0.717, 1.165) is 41.9 Å². The summed E-state index contributed by atoms with van der Waals surface area (Å²) in [5.74, 6) is 2.62. The Balaban J connectivity index is 1.65. The van der Waals surface area contributed by atoms with Crippen LogP contribution < -0.4 is 25.4 Å². The second kappa shape index (κ2) is 10.2. The number of hydrogen-bond acceptors (Lipinski definition) is 9. The second-order valence-electron chi connectivity index (χ2n) is 7.27. The molecule has 2 aromatic carbocycles. The molecule has 0 bridgehead atoms. The Hall–Kier alpha value is -3.46. The van der Waals surface area contributed by atoms with Crippen molar-refractivity contribution < 1.29 is 14.2 Å². The van der Waals surface area contributed by atoms with E-state index in [1.54, 1.807) is 0 Å². The van der Waals surface area contributed by atoms with Crippen molar-refractivity contribution in [2.24, 2.45) is 15.7 Å². The summed E-state index contributed by atoms with van der Waals surface area (Å²) in [5, 5.41) is 3.47. The first-order valence-electron chi connectivity index (χ1n) is 10.9. The number of morpholine rings is 1. The summed E-state index contributed by atoms with van der Waals surface area (Å²) in [6, 6.07) is 15.7. The quantitative estimate of drug-likeness (QED) is 0.686. The molecule has 0 aliphatic carbocycles. The van der Waals surface area contributed by atoms with Crippen LogP contribution in [0.1, 0.15) is 13.8 Å². The minimum atomic E-state index is -0.471. The van der Waals surface area contributed by atoms with Crippen molar-refractivity contribution >= 4 is 23.3 Å². The van der Waals surface area contributed by atoms with Gasteiger partial charge in [0.15, 0.2) is 0 Å². The lowest BCUT2D eigenvalue weighted by Gasteiger charge is -2.41. The van der Waals surface area contributed by atoms with Gasteiger partial charge in [0.2, 0.25) is 18.2 Å². The van der Waals surface area contributed by atoms with Crippen LogP contribution in [0.3, 0.4) is 0 Å². The average Bonchev–Trinajstić information content (AvgIpc) is 2.82. The van der Waals surface area contributed by atoms with E-state index in [-0.39, 0.29) is 5.96 Å². The Bertz CT molecular complexity index is 939. The van der Waals surface area contributed by atoms with Gasteiger partial charge in [0.25, 0.3) is 0 Å². The SMILES string of the molecule is CCOc1ccc(NC2N=C(N)N=C(N3CCOCC3)N2c2ccc(OCC)cc2)cc1. The third-order valence-corrected chi connectivity index (χ3v) is 5.11. The van der Waals surface area contributed by atoms with Gasteiger partial charge >= 0.3 is 0 Å². The normalized spacial score (nSPS) is 18.6. The van der Waals surface area contributed by atoms with Gasteiger partial charge in [0.1, 0.15) is 11.5 Å². The van der Waals surface area contributed by atoms with E-state index < -0.39 is 6.29 Å². The first-order valence-corrected chi connectivity index (χ1v) is 10.9. The van der Waals surface area contributed by atoms with E-state index in [9.17, 15) is 0 Å². The number of nitrogens with one attached hydrogen (secondary N) is 1. The number of guanidine groups is 2. The topological polar surface area (TPSA) is 96.9 Å². The van der Waals surface area contributed by atoms with Gasteiger partial charge in [0.05, 0.1) is 26.4 Å². The fourth-order valence-electron chi connectivity index (χ4n) is 3.65. The van der Waals surface area contributed by atoms with Crippen molar-refractivity contribution in [1.29, 1.82) is 0 Å².